The van der Waals surface area contributed by atoms with Gasteiger partial charge in [0.15, 0.2) is 0 Å². The molecule has 22 heavy (non-hydrogen) atoms. The van der Waals surface area contributed by atoms with Crippen molar-refractivity contribution in [2.45, 2.75) is 39.8 Å². The number of benzene rings is 1. The van der Waals surface area contributed by atoms with E-state index in [1.807, 2.05) is 51.1 Å². The van der Waals surface area contributed by atoms with Crippen LogP contribution in [0.1, 0.15) is 29.5 Å². The Labute approximate surface area is 129 Å². The maximum atomic E-state index is 11.8. The summed E-state index contributed by atoms with van der Waals surface area (Å²) in [6.07, 6.45) is 0.660. The minimum Gasteiger partial charge on any atom is -0.361 e. The number of hydrogen-bond donors (Lipinski definition) is 2. The summed E-state index contributed by atoms with van der Waals surface area (Å²) in [6.45, 7) is 6.00. The minimum absolute atomic E-state index is 0.0582. The molecule has 2 aromatic rings. The summed E-state index contributed by atoms with van der Waals surface area (Å²) in [5.74, 6) is 0.784. The van der Waals surface area contributed by atoms with Gasteiger partial charge in [-0.05, 0) is 32.8 Å². The zero-order valence-corrected chi connectivity index (χ0v) is 13.1. The first-order valence-electron chi connectivity index (χ1n) is 7.20. The van der Waals surface area contributed by atoms with Crippen molar-refractivity contribution in [1.82, 2.24) is 16.0 Å². The monoisotopic (exact) mass is 303 g/mol. The molecule has 1 aromatic heterocycles. The Morgan fingerprint density at radius 1 is 1.32 bits per heavy atom. The van der Waals surface area contributed by atoms with Crippen LogP contribution in [0.5, 0.6) is 0 Å². The lowest BCUT2D eigenvalue weighted by molar-refractivity contribution is 0.0483. The van der Waals surface area contributed by atoms with Crippen molar-refractivity contribution in [3.8, 4) is 0 Å². The Hall–Kier alpha value is -2.34. The third kappa shape index (κ3) is 4.60. The fraction of sp³-hybridized carbons (Fsp3) is 0.375. The Balaban J connectivity index is 1.72. The number of carbonyl (C=O) groups is 1. The van der Waals surface area contributed by atoms with Gasteiger partial charge >= 0.3 is 6.03 Å². The van der Waals surface area contributed by atoms with E-state index in [0.29, 0.717) is 13.0 Å². The van der Waals surface area contributed by atoms with Crippen LogP contribution in [0.3, 0.4) is 0 Å². The number of nitrogens with one attached hydrogen (secondary N) is 2. The van der Waals surface area contributed by atoms with E-state index in [0.717, 1.165) is 22.6 Å². The van der Waals surface area contributed by atoms with Crippen molar-refractivity contribution < 1.29 is 14.2 Å². The number of hydroxylamine groups is 1. The highest BCUT2D eigenvalue weighted by Gasteiger charge is 2.14. The first-order valence-corrected chi connectivity index (χ1v) is 7.20. The molecule has 0 aliphatic carbocycles. The van der Waals surface area contributed by atoms with E-state index in [2.05, 4.69) is 16.0 Å². The number of rotatable bonds is 6. The average Bonchev–Trinajstić information content (AvgIpc) is 2.80. The van der Waals surface area contributed by atoms with Gasteiger partial charge in [-0.1, -0.05) is 35.5 Å². The number of nitrogens with zero attached hydrogens (tertiary/aromatic N) is 1. The third-order valence-corrected chi connectivity index (χ3v) is 3.32. The lowest BCUT2D eigenvalue weighted by atomic mass is 10.1. The average molecular weight is 303 g/mol. The van der Waals surface area contributed by atoms with Gasteiger partial charge in [0.05, 0.1) is 12.3 Å². The maximum absolute atomic E-state index is 11.8. The molecule has 1 atom stereocenters. The van der Waals surface area contributed by atoms with Crippen LogP contribution in [0, 0.1) is 13.8 Å². The molecule has 2 rings (SSSR count). The summed E-state index contributed by atoms with van der Waals surface area (Å²) in [5.41, 5.74) is 5.25. The summed E-state index contributed by atoms with van der Waals surface area (Å²) in [7, 11) is 0. The molecule has 0 unspecified atom stereocenters. The van der Waals surface area contributed by atoms with E-state index in [1.54, 1.807) is 0 Å². The molecule has 118 valence electrons. The lowest BCUT2D eigenvalue weighted by Gasteiger charge is -2.14. The van der Waals surface area contributed by atoms with Gasteiger partial charge in [0.1, 0.15) is 5.76 Å². The molecule has 6 heteroatoms. The van der Waals surface area contributed by atoms with E-state index in [-0.39, 0.29) is 12.1 Å². The summed E-state index contributed by atoms with van der Waals surface area (Å²) in [4.78, 5) is 16.9. The van der Waals surface area contributed by atoms with Crippen LogP contribution in [0.25, 0.3) is 0 Å². The number of aromatic nitrogens is 1. The van der Waals surface area contributed by atoms with Gasteiger partial charge in [-0.3, -0.25) is 4.84 Å². The number of urea groups is 1. The van der Waals surface area contributed by atoms with E-state index < -0.39 is 0 Å². The van der Waals surface area contributed by atoms with Gasteiger partial charge in [-0.2, -0.15) is 0 Å². The van der Waals surface area contributed by atoms with Crippen LogP contribution in [0.2, 0.25) is 0 Å². The van der Waals surface area contributed by atoms with Crippen molar-refractivity contribution in [2.75, 3.05) is 0 Å². The van der Waals surface area contributed by atoms with Crippen LogP contribution in [0.15, 0.2) is 34.9 Å². The van der Waals surface area contributed by atoms with Gasteiger partial charge in [-0.15, -0.1) is 0 Å². The van der Waals surface area contributed by atoms with E-state index in [4.69, 9.17) is 9.36 Å². The second-order valence-corrected chi connectivity index (χ2v) is 5.26. The molecule has 0 saturated carbocycles. The lowest BCUT2D eigenvalue weighted by Crippen LogP contribution is -2.41. The number of hydrogen-bond acceptors (Lipinski definition) is 4. The molecule has 0 aliphatic rings. The van der Waals surface area contributed by atoms with Gasteiger partial charge in [-0.25, -0.2) is 10.3 Å². The summed E-state index contributed by atoms with van der Waals surface area (Å²) < 4.78 is 5.11. The Bertz CT molecular complexity index is 591. The standard InChI is InChI=1S/C16H21N3O3/c1-11(9-15-12(2)18-22-13(15)3)17-16(20)19-21-10-14-7-5-4-6-8-14/h4-8,11H,9-10H2,1-3H3,(H2,17,19,20)/t11-/m1/s1. The fourth-order valence-corrected chi connectivity index (χ4v) is 2.16. The second-order valence-electron chi connectivity index (χ2n) is 5.26. The second kappa shape index (κ2) is 7.61. The van der Waals surface area contributed by atoms with Crippen molar-refractivity contribution in [1.29, 1.82) is 0 Å². The van der Waals surface area contributed by atoms with Gasteiger partial charge < -0.3 is 9.84 Å². The molecular weight excluding hydrogens is 282 g/mol. The smallest absolute Gasteiger partial charge is 0.338 e. The Morgan fingerprint density at radius 3 is 2.68 bits per heavy atom. The van der Waals surface area contributed by atoms with Crippen LogP contribution >= 0.6 is 0 Å². The van der Waals surface area contributed by atoms with Crippen molar-refractivity contribution in [2.24, 2.45) is 0 Å². The quantitative estimate of drug-likeness (QED) is 0.804. The zero-order valence-electron chi connectivity index (χ0n) is 13.1. The van der Waals surface area contributed by atoms with Crippen molar-refractivity contribution >= 4 is 6.03 Å². The number of aryl methyl sites for hydroxylation is 2. The topological polar surface area (TPSA) is 76.4 Å². The fourth-order valence-electron chi connectivity index (χ4n) is 2.16. The zero-order chi connectivity index (χ0) is 15.9. The molecule has 0 radical (unpaired) electrons. The molecule has 1 heterocycles. The van der Waals surface area contributed by atoms with E-state index in [1.165, 1.54) is 0 Å². The first kappa shape index (κ1) is 16.0. The molecule has 0 aliphatic heterocycles. The van der Waals surface area contributed by atoms with Gasteiger partial charge in [0.25, 0.3) is 0 Å². The predicted molar refractivity (Wildman–Crippen MR) is 82.0 cm³/mol. The molecule has 1 aromatic carbocycles. The van der Waals surface area contributed by atoms with Crippen LogP contribution in [0.4, 0.5) is 4.79 Å². The number of carbonyl (C=O) groups excluding carboxylic acids is 1. The van der Waals surface area contributed by atoms with Crippen LogP contribution in [-0.4, -0.2) is 17.2 Å². The van der Waals surface area contributed by atoms with Gasteiger partial charge in [0, 0.05) is 11.6 Å². The van der Waals surface area contributed by atoms with Crippen LogP contribution < -0.4 is 10.8 Å². The summed E-state index contributed by atoms with van der Waals surface area (Å²) >= 11 is 0. The highest BCUT2D eigenvalue weighted by molar-refractivity contribution is 5.73. The molecule has 0 spiro atoms. The molecular formula is C16H21N3O3. The van der Waals surface area contributed by atoms with E-state index >= 15 is 0 Å². The summed E-state index contributed by atoms with van der Waals surface area (Å²) in [6, 6.07) is 9.21. The predicted octanol–water partition coefficient (Wildman–Crippen LogP) is 2.65. The first-order chi connectivity index (χ1) is 10.6. The Morgan fingerprint density at radius 2 is 2.05 bits per heavy atom. The van der Waals surface area contributed by atoms with Gasteiger partial charge in [0.2, 0.25) is 0 Å². The highest BCUT2D eigenvalue weighted by atomic mass is 16.7. The molecule has 0 fully saturated rings. The van der Waals surface area contributed by atoms with E-state index in [9.17, 15) is 4.79 Å². The highest BCUT2D eigenvalue weighted by Crippen LogP contribution is 2.14. The van der Waals surface area contributed by atoms with Crippen molar-refractivity contribution in [3.05, 3.63) is 52.9 Å². The summed E-state index contributed by atoms with van der Waals surface area (Å²) in [5, 5.41) is 6.72. The molecule has 6 nitrogen and oxygen atoms in total. The molecule has 0 saturated heterocycles. The third-order valence-electron chi connectivity index (χ3n) is 3.32. The minimum atomic E-state index is -0.366. The SMILES string of the molecule is Cc1noc(C)c1C[C@@H](C)NC(=O)NOCc1ccccc1. The number of amides is 2. The van der Waals surface area contributed by atoms with Crippen LogP contribution in [-0.2, 0) is 17.9 Å². The Kier molecular flexibility index (Phi) is 5.55. The molecule has 2 amide bonds. The largest absolute Gasteiger partial charge is 0.361 e. The normalized spacial score (nSPS) is 12.0. The molecule has 2 N–H and O–H groups in total. The maximum Gasteiger partial charge on any atom is 0.338 e. The molecule has 0 bridgehead atoms. The van der Waals surface area contributed by atoms with Crippen molar-refractivity contribution in [3.63, 3.8) is 0 Å².